The summed E-state index contributed by atoms with van der Waals surface area (Å²) in [6.07, 6.45) is 36.2. The van der Waals surface area contributed by atoms with Crippen LogP contribution < -0.4 is 20.4 Å². The molecule has 4 aliphatic rings. The first-order valence-electron chi connectivity index (χ1n) is 18.6. The number of rotatable bonds is 5. The van der Waals surface area contributed by atoms with Crippen molar-refractivity contribution in [2.24, 2.45) is 0 Å². The molecule has 2 unspecified atom stereocenters. The van der Waals surface area contributed by atoms with Crippen LogP contribution in [0.2, 0.25) is 0 Å². The molecule has 0 saturated carbocycles. The third kappa shape index (κ3) is 8.86. The van der Waals surface area contributed by atoms with E-state index in [1.165, 1.54) is 11.1 Å². The van der Waals surface area contributed by atoms with Gasteiger partial charge in [0.05, 0.1) is 11.7 Å². The fourth-order valence-corrected chi connectivity index (χ4v) is 6.80. The second-order valence-corrected chi connectivity index (χ2v) is 12.9. The Balaban J connectivity index is 0.00000236. The van der Waals surface area contributed by atoms with Gasteiger partial charge in [0, 0.05) is 28.8 Å². The summed E-state index contributed by atoms with van der Waals surface area (Å²) in [6, 6.07) is 27.8. The zero-order valence-corrected chi connectivity index (χ0v) is 31.1. The minimum atomic E-state index is -0.0562. The fraction of sp³-hybridized carbons (Fsp3) is 0.143. The molecule has 0 aromatic heterocycles. The lowest BCUT2D eigenvalue weighted by atomic mass is 9.94. The Morgan fingerprint density at radius 2 is 1.47 bits per heavy atom. The number of anilines is 2. The zero-order chi connectivity index (χ0) is 37.0. The normalized spacial score (nSPS) is 24.9. The van der Waals surface area contributed by atoms with Crippen LogP contribution in [-0.2, 0) is 0 Å². The monoisotopic (exact) mass is 694 g/mol. The molecule has 1 aliphatic carbocycles. The summed E-state index contributed by atoms with van der Waals surface area (Å²) in [7, 11) is 0. The van der Waals surface area contributed by atoms with Crippen molar-refractivity contribution in [2.75, 3.05) is 9.80 Å². The number of benzene rings is 3. The SMILES string of the molecule is C=C1/C=C\C=C/N(C2=CC(C3=CC=CCC3)NC(c3ccccc3)N2)c2ccc(C3=C/C=C(\C)N(c4ccccc4)C(=C)\C=C/C=C\C=C\3)cc21.CC. The van der Waals surface area contributed by atoms with Gasteiger partial charge >= 0.3 is 0 Å². The topological polar surface area (TPSA) is 30.5 Å². The molecule has 266 valence electrons. The quantitative estimate of drug-likeness (QED) is 0.278. The van der Waals surface area contributed by atoms with Crippen molar-refractivity contribution in [2.45, 2.75) is 45.8 Å². The maximum absolute atomic E-state index is 4.52. The van der Waals surface area contributed by atoms with E-state index >= 15 is 0 Å². The van der Waals surface area contributed by atoms with Crippen molar-refractivity contribution < 1.29 is 0 Å². The summed E-state index contributed by atoms with van der Waals surface area (Å²) in [5.74, 6) is 1.03. The van der Waals surface area contributed by atoms with Gasteiger partial charge in [-0.05, 0) is 96.2 Å². The van der Waals surface area contributed by atoms with Crippen LogP contribution in [0.15, 0.2) is 212 Å². The Kier molecular flexibility index (Phi) is 12.4. The second-order valence-electron chi connectivity index (χ2n) is 12.9. The van der Waals surface area contributed by atoms with Gasteiger partial charge in [-0.3, -0.25) is 5.32 Å². The van der Waals surface area contributed by atoms with Gasteiger partial charge in [0.2, 0.25) is 0 Å². The van der Waals surface area contributed by atoms with Crippen LogP contribution in [-0.4, -0.2) is 6.04 Å². The lowest BCUT2D eigenvalue weighted by Gasteiger charge is -2.38. The van der Waals surface area contributed by atoms with E-state index in [2.05, 4.69) is 192 Å². The van der Waals surface area contributed by atoms with Crippen molar-refractivity contribution in [3.8, 4) is 0 Å². The standard InChI is InChI=1S/C47H44N4.C2H6/c1-35-19-17-18-32-50(46-34-44(39-22-11-6-12-23-39)48-47(49-46)40-24-13-7-14-25-40)45-31-30-41(33-43(35)45)38-21-10-5-4-9-20-36(2)51(37(3)28-29-38)42-26-15-8-16-27-42;1-2/h4-11,13-22,24-34,44,47-49H,1-2,12,23H2,3H3;1-2H3/b5-4-,19-17-,20-9-,21-10+,32-18-,37-28+,38-29+;. The maximum Gasteiger partial charge on any atom is 0.109 e. The van der Waals surface area contributed by atoms with Crippen molar-refractivity contribution in [3.05, 3.63) is 229 Å². The Labute approximate surface area is 316 Å². The summed E-state index contributed by atoms with van der Waals surface area (Å²) in [4.78, 5) is 4.45. The first-order valence-corrected chi connectivity index (χ1v) is 18.6. The molecule has 53 heavy (non-hydrogen) atoms. The molecule has 3 aromatic carbocycles. The van der Waals surface area contributed by atoms with Crippen molar-refractivity contribution in [1.29, 1.82) is 0 Å². The highest BCUT2D eigenvalue weighted by atomic mass is 15.3. The molecule has 3 aliphatic heterocycles. The molecular weight excluding hydrogens is 645 g/mol. The van der Waals surface area contributed by atoms with E-state index in [4.69, 9.17) is 0 Å². The van der Waals surface area contributed by atoms with Crippen LogP contribution in [0.5, 0.6) is 0 Å². The molecule has 0 fully saturated rings. The third-order valence-electron chi connectivity index (χ3n) is 9.44. The van der Waals surface area contributed by atoms with E-state index < -0.39 is 0 Å². The molecular formula is C49H50N4. The van der Waals surface area contributed by atoms with Crippen LogP contribution in [0.4, 0.5) is 11.4 Å². The Bertz CT molecular complexity index is 2100. The summed E-state index contributed by atoms with van der Waals surface area (Å²) in [5, 5.41) is 7.69. The number of nitrogens with zero attached hydrogens (tertiary/aromatic N) is 2. The number of hydrogen-bond acceptors (Lipinski definition) is 4. The van der Waals surface area contributed by atoms with Crippen molar-refractivity contribution in [3.63, 3.8) is 0 Å². The minimum absolute atomic E-state index is 0.0562. The molecule has 0 amide bonds. The van der Waals surface area contributed by atoms with Crippen LogP contribution in [0, 0.1) is 0 Å². The largest absolute Gasteiger partial charge is 0.352 e. The van der Waals surface area contributed by atoms with E-state index in [1.807, 2.05) is 38.1 Å². The Hall–Kier alpha value is -6.10. The van der Waals surface area contributed by atoms with Crippen LogP contribution in [0.3, 0.4) is 0 Å². The van der Waals surface area contributed by atoms with Crippen LogP contribution >= 0.6 is 0 Å². The first kappa shape index (κ1) is 36.7. The molecule has 0 saturated heterocycles. The van der Waals surface area contributed by atoms with Gasteiger partial charge in [0.25, 0.3) is 0 Å². The van der Waals surface area contributed by atoms with E-state index in [9.17, 15) is 0 Å². The molecule has 2 N–H and O–H groups in total. The second kappa shape index (κ2) is 17.9. The number of allylic oxidation sites excluding steroid dienone is 17. The number of fused-ring (bicyclic) bond motifs is 1. The molecule has 7 rings (SSSR count). The van der Waals surface area contributed by atoms with Gasteiger partial charge in [0.15, 0.2) is 0 Å². The molecule has 0 radical (unpaired) electrons. The van der Waals surface area contributed by atoms with Gasteiger partial charge < -0.3 is 15.1 Å². The first-order chi connectivity index (χ1) is 26.0. The Morgan fingerprint density at radius 3 is 2.23 bits per heavy atom. The summed E-state index contributed by atoms with van der Waals surface area (Å²) in [5.41, 5.74) is 10.9. The lowest BCUT2D eigenvalue weighted by Crippen LogP contribution is -2.48. The van der Waals surface area contributed by atoms with E-state index in [0.29, 0.717) is 0 Å². The molecule has 0 spiro atoms. The van der Waals surface area contributed by atoms with Crippen LogP contribution in [0.25, 0.3) is 11.1 Å². The van der Waals surface area contributed by atoms with E-state index in [-0.39, 0.29) is 12.2 Å². The summed E-state index contributed by atoms with van der Waals surface area (Å²) < 4.78 is 0. The molecule has 4 nitrogen and oxygen atoms in total. The fourth-order valence-electron chi connectivity index (χ4n) is 6.80. The predicted octanol–water partition coefficient (Wildman–Crippen LogP) is 12.0. The van der Waals surface area contributed by atoms with E-state index in [1.54, 1.807) is 0 Å². The molecule has 2 atom stereocenters. The summed E-state index contributed by atoms with van der Waals surface area (Å²) >= 11 is 0. The van der Waals surface area contributed by atoms with Gasteiger partial charge in [-0.2, -0.15) is 0 Å². The average molecular weight is 695 g/mol. The molecule has 3 heterocycles. The highest BCUT2D eigenvalue weighted by molar-refractivity contribution is 5.87. The summed E-state index contributed by atoms with van der Waals surface area (Å²) in [6.45, 7) is 15.0. The van der Waals surface area contributed by atoms with E-state index in [0.717, 1.165) is 63.7 Å². The number of nitrogens with one attached hydrogen (secondary N) is 2. The van der Waals surface area contributed by atoms with Gasteiger partial charge in [-0.1, -0.05) is 148 Å². The van der Waals surface area contributed by atoms with Crippen LogP contribution in [0.1, 0.15) is 56.5 Å². The third-order valence-corrected chi connectivity index (χ3v) is 9.44. The Morgan fingerprint density at radius 1 is 0.736 bits per heavy atom. The van der Waals surface area contributed by atoms with Gasteiger partial charge in [0.1, 0.15) is 12.0 Å². The number of para-hydroxylation sites is 1. The lowest BCUT2D eigenvalue weighted by molar-refractivity contribution is 0.424. The van der Waals surface area contributed by atoms with Gasteiger partial charge in [-0.15, -0.1) is 0 Å². The number of hydrogen-bond donors (Lipinski definition) is 2. The zero-order valence-electron chi connectivity index (χ0n) is 31.1. The minimum Gasteiger partial charge on any atom is -0.352 e. The molecule has 4 heteroatoms. The highest BCUT2D eigenvalue weighted by Crippen LogP contribution is 2.36. The van der Waals surface area contributed by atoms with Gasteiger partial charge in [-0.25, -0.2) is 0 Å². The smallest absolute Gasteiger partial charge is 0.109 e. The van der Waals surface area contributed by atoms with Crippen molar-refractivity contribution >= 4 is 22.5 Å². The highest BCUT2D eigenvalue weighted by Gasteiger charge is 2.28. The molecule has 0 bridgehead atoms. The van der Waals surface area contributed by atoms with Crippen molar-refractivity contribution in [1.82, 2.24) is 10.6 Å². The average Bonchev–Trinajstić information content (AvgIpc) is 3.20. The molecule has 3 aromatic rings. The maximum atomic E-state index is 4.52. The predicted molar refractivity (Wildman–Crippen MR) is 229 cm³/mol.